The summed E-state index contributed by atoms with van der Waals surface area (Å²) in [5, 5.41) is 16.3. The maximum Gasteiger partial charge on any atom is 0.270 e. The van der Waals surface area contributed by atoms with Crippen LogP contribution < -0.4 is 10.6 Å². The molecule has 1 amide bonds. The average Bonchev–Trinajstić information content (AvgIpc) is 2.34. The Morgan fingerprint density at radius 3 is 2.63 bits per heavy atom. The van der Waals surface area contributed by atoms with Crippen LogP contribution in [-0.2, 0) is 0 Å². The lowest BCUT2D eigenvalue weighted by atomic mass is 10.2. The summed E-state index contributed by atoms with van der Waals surface area (Å²) in [6, 6.07) is 4.07. The van der Waals surface area contributed by atoms with Gasteiger partial charge in [-0.2, -0.15) is 0 Å². The fourth-order valence-electron chi connectivity index (χ4n) is 1.36. The average molecular weight is 353 g/mol. The van der Waals surface area contributed by atoms with Crippen molar-refractivity contribution >= 4 is 39.9 Å². The second-order valence-electron chi connectivity index (χ2n) is 3.63. The minimum Gasteiger partial charge on any atom is -0.352 e. The summed E-state index contributed by atoms with van der Waals surface area (Å²) in [5.41, 5.74) is 0.346. The number of non-ortho nitro benzene ring substituents is 1. The summed E-state index contributed by atoms with van der Waals surface area (Å²) >= 11 is 3.16. The largest absolute Gasteiger partial charge is 0.352 e. The molecule has 0 aromatic heterocycles. The molecule has 19 heavy (non-hydrogen) atoms. The third kappa shape index (κ3) is 5.54. The second-order valence-corrected chi connectivity index (χ2v) is 4.49. The van der Waals surface area contributed by atoms with E-state index in [1.165, 1.54) is 18.2 Å². The highest BCUT2D eigenvalue weighted by Crippen LogP contribution is 2.22. The summed E-state index contributed by atoms with van der Waals surface area (Å²) in [5.74, 6) is -0.243. The van der Waals surface area contributed by atoms with Crippen LogP contribution >= 0.6 is 28.3 Å². The highest BCUT2D eigenvalue weighted by Gasteiger charge is 2.13. The first-order chi connectivity index (χ1) is 8.56. The van der Waals surface area contributed by atoms with Gasteiger partial charge in [0.15, 0.2) is 0 Å². The topological polar surface area (TPSA) is 84.3 Å². The van der Waals surface area contributed by atoms with E-state index >= 15 is 0 Å². The smallest absolute Gasteiger partial charge is 0.270 e. The van der Waals surface area contributed by atoms with E-state index in [0.717, 1.165) is 13.0 Å². The zero-order valence-corrected chi connectivity index (χ0v) is 12.7. The molecule has 0 atom stereocenters. The summed E-state index contributed by atoms with van der Waals surface area (Å²) < 4.78 is 0.419. The standard InChI is InChI=1S/C11H14BrN3O3.ClH/c1-13-5-2-6-14-11(16)9-4-3-8(15(17)18)7-10(9)12;/h3-4,7,13H,2,5-6H2,1H3,(H,14,16);1H. The van der Waals surface area contributed by atoms with Gasteiger partial charge in [-0.25, -0.2) is 0 Å². The zero-order chi connectivity index (χ0) is 13.5. The molecule has 0 aliphatic rings. The summed E-state index contributed by atoms with van der Waals surface area (Å²) in [6.45, 7) is 1.38. The van der Waals surface area contributed by atoms with E-state index in [1.54, 1.807) is 0 Å². The predicted molar refractivity (Wildman–Crippen MR) is 78.9 cm³/mol. The van der Waals surface area contributed by atoms with E-state index in [-0.39, 0.29) is 24.0 Å². The number of nitrogens with one attached hydrogen (secondary N) is 2. The van der Waals surface area contributed by atoms with Gasteiger partial charge in [0.2, 0.25) is 0 Å². The first-order valence-corrected chi connectivity index (χ1v) is 6.22. The lowest BCUT2D eigenvalue weighted by Crippen LogP contribution is -2.26. The Kier molecular flexibility index (Phi) is 8.29. The molecule has 1 aromatic rings. The number of nitro groups is 1. The van der Waals surface area contributed by atoms with Gasteiger partial charge >= 0.3 is 0 Å². The number of carbonyl (C=O) groups is 1. The SMILES string of the molecule is CNCCCNC(=O)c1ccc([N+](=O)[O-])cc1Br.Cl. The van der Waals surface area contributed by atoms with Crippen LogP contribution in [0.15, 0.2) is 22.7 Å². The molecule has 0 bridgehead atoms. The van der Waals surface area contributed by atoms with Gasteiger partial charge in [-0.1, -0.05) is 0 Å². The van der Waals surface area contributed by atoms with Crippen molar-refractivity contribution in [2.24, 2.45) is 0 Å². The van der Waals surface area contributed by atoms with Crippen molar-refractivity contribution in [1.29, 1.82) is 0 Å². The number of hydrogen-bond donors (Lipinski definition) is 2. The van der Waals surface area contributed by atoms with Crippen molar-refractivity contribution in [3.05, 3.63) is 38.3 Å². The van der Waals surface area contributed by atoms with Crippen LogP contribution in [0.4, 0.5) is 5.69 Å². The Balaban J connectivity index is 0.00000324. The van der Waals surface area contributed by atoms with Gasteiger partial charge in [0, 0.05) is 23.2 Å². The van der Waals surface area contributed by atoms with Crippen LogP contribution in [0.3, 0.4) is 0 Å². The lowest BCUT2D eigenvalue weighted by molar-refractivity contribution is -0.384. The van der Waals surface area contributed by atoms with Gasteiger partial charge in [-0.3, -0.25) is 14.9 Å². The van der Waals surface area contributed by atoms with Crippen molar-refractivity contribution in [2.45, 2.75) is 6.42 Å². The van der Waals surface area contributed by atoms with Crippen LogP contribution in [-0.4, -0.2) is 31.0 Å². The van der Waals surface area contributed by atoms with Gasteiger partial charge in [-0.05, 0) is 42.0 Å². The maximum atomic E-state index is 11.8. The Hall–Kier alpha value is -1.18. The van der Waals surface area contributed by atoms with E-state index < -0.39 is 4.92 Å². The normalized spacial score (nSPS) is 9.58. The van der Waals surface area contributed by atoms with Crippen molar-refractivity contribution in [3.63, 3.8) is 0 Å². The lowest BCUT2D eigenvalue weighted by Gasteiger charge is -2.06. The van der Waals surface area contributed by atoms with Gasteiger partial charge < -0.3 is 10.6 Å². The Bertz CT molecular complexity index is 457. The molecule has 0 saturated carbocycles. The van der Waals surface area contributed by atoms with Gasteiger partial charge in [0.25, 0.3) is 11.6 Å². The summed E-state index contributed by atoms with van der Waals surface area (Å²) in [6.07, 6.45) is 0.826. The van der Waals surface area contributed by atoms with Crippen molar-refractivity contribution in [1.82, 2.24) is 10.6 Å². The fourth-order valence-corrected chi connectivity index (χ4v) is 1.91. The Morgan fingerprint density at radius 2 is 2.11 bits per heavy atom. The molecular formula is C11H15BrClN3O3. The van der Waals surface area contributed by atoms with Crippen molar-refractivity contribution < 1.29 is 9.72 Å². The number of benzene rings is 1. The van der Waals surface area contributed by atoms with Crippen molar-refractivity contribution in [3.8, 4) is 0 Å². The molecule has 0 fully saturated rings. The first kappa shape index (κ1) is 17.8. The molecule has 106 valence electrons. The molecule has 0 unspecified atom stereocenters. The van der Waals surface area contributed by atoms with E-state index in [1.807, 2.05) is 7.05 Å². The van der Waals surface area contributed by atoms with Crippen LogP contribution in [0.1, 0.15) is 16.8 Å². The summed E-state index contributed by atoms with van der Waals surface area (Å²) in [7, 11) is 1.84. The number of rotatable bonds is 6. The van der Waals surface area contributed by atoms with Crippen LogP contribution in [0.2, 0.25) is 0 Å². The monoisotopic (exact) mass is 351 g/mol. The zero-order valence-electron chi connectivity index (χ0n) is 10.3. The van der Waals surface area contributed by atoms with Crippen LogP contribution in [0.5, 0.6) is 0 Å². The molecule has 0 aliphatic heterocycles. The van der Waals surface area contributed by atoms with Crippen LogP contribution in [0.25, 0.3) is 0 Å². The molecule has 1 rings (SSSR count). The quantitative estimate of drug-likeness (QED) is 0.466. The number of nitrogens with zero attached hydrogens (tertiary/aromatic N) is 1. The van der Waals surface area contributed by atoms with E-state index in [4.69, 9.17) is 0 Å². The van der Waals surface area contributed by atoms with E-state index in [9.17, 15) is 14.9 Å². The molecule has 0 saturated heterocycles. The summed E-state index contributed by atoms with van der Waals surface area (Å²) in [4.78, 5) is 21.8. The first-order valence-electron chi connectivity index (χ1n) is 5.43. The maximum absolute atomic E-state index is 11.8. The molecule has 0 spiro atoms. The Labute approximate surface area is 125 Å². The third-order valence-electron chi connectivity index (χ3n) is 2.30. The molecule has 0 aliphatic carbocycles. The van der Waals surface area contributed by atoms with Gasteiger partial charge in [0.05, 0.1) is 10.5 Å². The molecule has 0 radical (unpaired) electrons. The van der Waals surface area contributed by atoms with Crippen LogP contribution in [0, 0.1) is 10.1 Å². The van der Waals surface area contributed by atoms with E-state index in [2.05, 4.69) is 26.6 Å². The predicted octanol–water partition coefficient (Wildman–Crippen LogP) is 2.12. The number of hydrogen-bond acceptors (Lipinski definition) is 4. The van der Waals surface area contributed by atoms with Crippen molar-refractivity contribution in [2.75, 3.05) is 20.1 Å². The highest BCUT2D eigenvalue weighted by atomic mass is 79.9. The minimum atomic E-state index is -0.501. The molecule has 6 nitrogen and oxygen atoms in total. The molecular weight excluding hydrogens is 337 g/mol. The van der Waals surface area contributed by atoms with E-state index in [0.29, 0.717) is 16.6 Å². The number of carbonyl (C=O) groups excluding carboxylic acids is 1. The Morgan fingerprint density at radius 1 is 1.42 bits per heavy atom. The minimum absolute atomic E-state index is 0. The molecule has 8 heteroatoms. The number of amides is 1. The fraction of sp³-hybridized carbons (Fsp3) is 0.364. The molecule has 1 aromatic carbocycles. The number of nitro benzene ring substituents is 1. The molecule has 2 N–H and O–H groups in total. The molecule has 0 heterocycles. The second kappa shape index (κ2) is 8.84. The highest BCUT2D eigenvalue weighted by molar-refractivity contribution is 9.10. The van der Waals surface area contributed by atoms with Gasteiger partial charge in [-0.15, -0.1) is 12.4 Å². The third-order valence-corrected chi connectivity index (χ3v) is 2.95. The van der Waals surface area contributed by atoms with Gasteiger partial charge in [0.1, 0.15) is 0 Å². The number of halogens is 2.